The van der Waals surface area contributed by atoms with Crippen molar-refractivity contribution in [1.29, 1.82) is 0 Å². The summed E-state index contributed by atoms with van der Waals surface area (Å²) in [4.78, 5) is 10.7. The fraction of sp³-hybridized carbons (Fsp3) is 0.417. The van der Waals surface area contributed by atoms with Crippen LogP contribution in [0.5, 0.6) is 0 Å². The number of sulfonamides is 1. The number of hydrogen-bond acceptors (Lipinski definition) is 6. The minimum Gasteiger partial charge on any atom is -0.443 e. The fourth-order valence-electron chi connectivity index (χ4n) is 1.44. The zero-order chi connectivity index (χ0) is 16.5. The number of rotatable bonds is 3. The smallest absolute Gasteiger partial charge is 0.421 e. The van der Waals surface area contributed by atoms with Gasteiger partial charge in [0.2, 0.25) is 0 Å². The molecule has 0 aliphatic rings. The molecule has 1 amide bonds. The number of carbonyl (C=O) groups excluding carboxylic acids is 1. The average molecular weight is 335 g/mol. The second kappa shape index (κ2) is 5.64. The van der Waals surface area contributed by atoms with E-state index in [2.05, 4.69) is 0 Å². The number of hydrogen-bond donors (Lipinski definition) is 1. The van der Waals surface area contributed by atoms with Gasteiger partial charge in [-0.3, -0.25) is 0 Å². The topological polar surface area (TPSA) is 107 Å². The normalized spacial score (nSPS) is 12.8. The van der Waals surface area contributed by atoms with Crippen molar-refractivity contribution in [2.24, 2.45) is 0 Å². The van der Waals surface area contributed by atoms with E-state index in [1.54, 1.807) is 25.5 Å². The molecule has 118 valence electrons. The molecule has 0 unspecified atom stereocenters. The molecule has 7 nitrogen and oxygen atoms in total. The van der Waals surface area contributed by atoms with Crippen LogP contribution >= 0.6 is 0 Å². The van der Waals surface area contributed by atoms with Crippen molar-refractivity contribution in [2.75, 3.05) is 6.26 Å². The van der Waals surface area contributed by atoms with Gasteiger partial charge in [-0.25, -0.2) is 26.4 Å². The molecule has 0 saturated carbocycles. The van der Waals surface area contributed by atoms with Crippen molar-refractivity contribution in [3.05, 3.63) is 24.3 Å². The lowest BCUT2D eigenvalue weighted by atomic mass is 10.2. The second-order valence-corrected chi connectivity index (χ2v) is 8.96. The minimum atomic E-state index is -4.35. The lowest BCUT2D eigenvalue weighted by Gasteiger charge is -2.19. The first-order valence-corrected chi connectivity index (χ1v) is 9.25. The molecule has 9 heteroatoms. The number of amides is 1. The van der Waals surface area contributed by atoms with Crippen LogP contribution in [-0.4, -0.2) is 34.8 Å². The van der Waals surface area contributed by atoms with Crippen LogP contribution in [0.1, 0.15) is 20.8 Å². The lowest BCUT2D eigenvalue weighted by Crippen LogP contribution is -2.36. The molecule has 0 aliphatic heterocycles. The van der Waals surface area contributed by atoms with Crippen LogP contribution in [0.4, 0.5) is 4.79 Å². The monoisotopic (exact) mass is 335 g/mol. The summed E-state index contributed by atoms with van der Waals surface area (Å²) in [5, 5.41) is 0. The van der Waals surface area contributed by atoms with Crippen molar-refractivity contribution in [3.63, 3.8) is 0 Å². The van der Waals surface area contributed by atoms with Crippen molar-refractivity contribution >= 4 is 26.0 Å². The molecule has 0 heterocycles. The van der Waals surface area contributed by atoms with E-state index in [4.69, 9.17) is 4.74 Å². The minimum absolute atomic E-state index is 0.388. The Morgan fingerprint density at radius 1 is 1.05 bits per heavy atom. The number of ether oxygens (including phenoxy) is 1. The maximum atomic E-state index is 12.1. The number of carbonyl (C=O) groups is 1. The summed E-state index contributed by atoms with van der Waals surface area (Å²) in [7, 11) is -8.11. The Balaban J connectivity index is 3.19. The lowest BCUT2D eigenvalue weighted by molar-refractivity contribution is 0.0570. The Labute approximate surface area is 124 Å². The van der Waals surface area contributed by atoms with Crippen molar-refractivity contribution in [2.45, 2.75) is 36.2 Å². The van der Waals surface area contributed by atoms with E-state index in [1.165, 1.54) is 12.1 Å². The summed E-state index contributed by atoms with van der Waals surface area (Å²) in [6.45, 7) is 4.72. The van der Waals surface area contributed by atoms with Crippen LogP contribution in [0, 0.1) is 0 Å². The van der Waals surface area contributed by atoms with Gasteiger partial charge in [0.25, 0.3) is 10.0 Å². The molecule has 21 heavy (non-hydrogen) atoms. The molecule has 1 aromatic rings. The molecule has 0 saturated heterocycles. The SMILES string of the molecule is CC(C)(C)OC(=O)NS(=O)(=O)c1ccccc1S(C)(=O)=O. The molecule has 0 aromatic heterocycles. The zero-order valence-electron chi connectivity index (χ0n) is 12.1. The van der Waals surface area contributed by atoms with Crippen molar-refractivity contribution in [3.8, 4) is 0 Å². The number of benzene rings is 1. The summed E-state index contributed by atoms with van der Waals surface area (Å²) >= 11 is 0. The summed E-state index contributed by atoms with van der Waals surface area (Å²) in [6.07, 6.45) is -0.291. The molecule has 0 bridgehead atoms. The van der Waals surface area contributed by atoms with Gasteiger partial charge in [-0.1, -0.05) is 12.1 Å². The molecular weight excluding hydrogens is 318 g/mol. The molecular formula is C12H17NO6S2. The standard InChI is InChI=1S/C12H17NO6S2/c1-12(2,3)19-11(14)13-21(17,18)10-8-6-5-7-9(10)20(4,15)16/h5-8H,1-4H3,(H,13,14). The number of sulfone groups is 1. The predicted octanol–water partition coefficient (Wildman–Crippen LogP) is 1.30. The quantitative estimate of drug-likeness (QED) is 0.892. The highest BCUT2D eigenvalue weighted by Crippen LogP contribution is 2.20. The Bertz CT molecular complexity index is 744. The molecule has 0 atom stereocenters. The van der Waals surface area contributed by atoms with Crippen LogP contribution in [0.25, 0.3) is 0 Å². The first-order chi connectivity index (χ1) is 9.33. The Morgan fingerprint density at radius 2 is 1.52 bits per heavy atom. The summed E-state index contributed by atoms with van der Waals surface area (Å²) < 4.78 is 54.0. The van der Waals surface area contributed by atoms with Crippen LogP contribution in [0.2, 0.25) is 0 Å². The molecule has 0 radical (unpaired) electrons. The van der Waals surface area contributed by atoms with Gasteiger partial charge < -0.3 is 4.74 Å². The molecule has 1 aromatic carbocycles. The van der Waals surface area contributed by atoms with Crippen molar-refractivity contribution < 1.29 is 26.4 Å². The molecule has 0 spiro atoms. The van der Waals surface area contributed by atoms with E-state index in [9.17, 15) is 21.6 Å². The third-order valence-corrected chi connectivity index (χ3v) is 4.81. The number of nitrogens with one attached hydrogen (secondary N) is 1. The van der Waals surface area contributed by atoms with Gasteiger partial charge in [-0.05, 0) is 32.9 Å². The molecule has 1 rings (SSSR count). The zero-order valence-corrected chi connectivity index (χ0v) is 13.7. The van der Waals surface area contributed by atoms with E-state index in [1.807, 2.05) is 0 Å². The molecule has 0 aliphatic carbocycles. The highest BCUT2D eigenvalue weighted by Gasteiger charge is 2.27. The molecule has 0 fully saturated rings. The van der Waals surface area contributed by atoms with Gasteiger partial charge in [0.15, 0.2) is 9.84 Å². The Hall–Kier alpha value is -1.61. The maximum Gasteiger partial charge on any atom is 0.421 e. The van der Waals surface area contributed by atoms with Gasteiger partial charge in [-0.2, -0.15) is 0 Å². The van der Waals surface area contributed by atoms with Gasteiger partial charge in [0, 0.05) is 6.26 Å². The van der Waals surface area contributed by atoms with Gasteiger partial charge >= 0.3 is 6.09 Å². The predicted molar refractivity (Wildman–Crippen MR) is 76.1 cm³/mol. The van der Waals surface area contributed by atoms with E-state index in [0.717, 1.165) is 18.4 Å². The van der Waals surface area contributed by atoms with E-state index in [-0.39, 0.29) is 4.90 Å². The molecule has 1 N–H and O–H groups in total. The first kappa shape index (κ1) is 17.4. The van der Waals surface area contributed by atoms with Crippen molar-refractivity contribution in [1.82, 2.24) is 4.72 Å². The summed E-state index contributed by atoms with van der Waals surface area (Å²) in [5.41, 5.74) is -0.879. The third-order valence-electron chi connectivity index (χ3n) is 2.15. The van der Waals surface area contributed by atoms with Crippen LogP contribution in [0.15, 0.2) is 34.1 Å². The van der Waals surface area contributed by atoms with Gasteiger partial charge in [0.05, 0.1) is 4.90 Å². The largest absolute Gasteiger partial charge is 0.443 e. The van der Waals surface area contributed by atoms with Gasteiger partial charge in [-0.15, -0.1) is 0 Å². The average Bonchev–Trinajstić information content (AvgIpc) is 2.24. The third kappa shape index (κ3) is 5.01. The van der Waals surface area contributed by atoms with Crippen LogP contribution in [-0.2, 0) is 24.6 Å². The second-order valence-electron chi connectivity index (χ2n) is 5.33. The highest BCUT2D eigenvalue weighted by molar-refractivity contribution is 7.93. The van der Waals surface area contributed by atoms with E-state index >= 15 is 0 Å². The van der Waals surface area contributed by atoms with E-state index < -0.39 is 36.5 Å². The van der Waals surface area contributed by atoms with Crippen LogP contribution in [0.3, 0.4) is 0 Å². The Kier molecular flexibility index (Phi) is 4.69. The van der Waals surface area contributed by atoms with E-state index in [0.29, 0.717) is 0 Å². The fourth-order valence-corrected chi connectivity index (χ4v) is 3.95. The first-order valence-electron chi connectivity index (χ1n) is 5.88. The summed E-state index contributed by atoms with van der Waals surface area (Å²) in [5.74, 6) is 0. The van der Waals surface area contributed by atoms with Gasteiger partial charge in [0.1, 0.15) is 10.5 Å². The maximum absolute atomic E-state index is 12.1. The Morgan fingerprint density at radius 3 is 1.95 bits per heavy atom. The summed E-state index contributed by atoms with van der Waals surface area (Å²) in [6, 6.07) is 5.00. The highest BCUT2D eigenvalue weighted by atomic mass is 32.2. The van der Waals surface area contributed by atoms with Crippen LogP contribution < -0.4 is 4.72 Å².